The SMILES string of the molecule is CC(C)Cn1ncc(NCc2ccccc2Br)c(Br)c1=O. The largest absolute Gasteiger partial charge is 0.379 e. The van der Waals surface area contributed by atoms with Crippen LogP contribution in [0.1, 0.15) is 19.4 Å². The molecule has 0 atom stereocenters. The van der Waals surface area contributed by atoms with Crippen LogP contribution in [0.2, 0.25) is 0 Å². The smallest absolute Gasteiger partial charge is 0.283 e. The molecule has 0 radical (unpaired) electrons. The molecular formula is C15H17Br2N3O. The highest BCUT2D eigenvalue weighted by Gasteiger charge is 2.10. The lowest BCUT2D eigenvalue weighted by molar-refractivity contribution is 0.462. The number of benzene rings is 1. The van der Waals surface area contributed by atoms with Crippen molar-refractivity contribution in [2.45, 2.75) is 26.9 Å². The molecule has 0 aliphatic heterocycles. The minimum atomic E-state index is -0.110. The first kappa shape index (κ1) is 16.2. The molecule has 1 aromatic carbocycles. The summed E-state index contributed by atoms with van der Waals surface area (Å²) in [5, 5.41) is 7.45. The summed E-state index contributed by atoms with van der Waals surface area (Å²) in [5.41, 5.74) is 1.72. The Morgan fingerprint density at radius 2 is 2.00 bits per heavy atom. The summed E-state index contributed by atoms with van der Waals surface area (Å²) in [7, 11) is 0. The van der Waals surface area contributed by atoms with Gasteiger partial charge in [0.05, 0.1) is 11.9 Å². The van der Waals surface area contributed by atoms with E-state index in [-0.39, 0.29) is 5.56 Å². The van der Waals surface area contributed by atoms with E-state index >= 15 is 0 Å². The molecular weight excluding hydrogens is 398 g/mol. The Morgan fingerprint density at radius 3 is 2.67 bits per heavy atom. The first-order chi connectivity index (χ1) is 9.99. The lowest BCUT2D eigenvalue weighted by Gasteiger charge is -2.12. The Morgan fingerprint density at radius 1 is 1.29 bits per heavy atom. The fourth-order valence-electron chi connectivity index (χ4n) is 1.90. The first-order valence-corrected chi connectivity index (χ1v) is 8.30. The second kappa shape index (κ2) is 7.22. The molecule has 2 aromatic rings. The summed E-state index contributed by atoms with van der Waals surface area (Å²) in [4.78, 5) is 12.2. The van der Waals surface area contributed by atoms with Crippen LogP contribution in [0, 0.1) is 5.92 Å². The maximum absolute atomic E-state index is 12.2. The summed E-state index contributed by atoms with van der Waals surface area (Å²) in [6, 6.07) is 7.97. The number of hydrogen-bond donors (Lipinski definition) is 1. The number of rotatable bonds is 5. The summed E-state index contributed by atoms with van der Waals surface area (Å²) >= 11 is 6.87. The zero-order valence-electron chi connectivity index (χ0n) is 11.9. The normalized spacial score (nSPS) is 10.9. The van der Waals surface area contributed by atoms with Gasteiger partial charge in [0.25, 0.3) is 5.56 Å². The highest BCUT2D eigenvalue weighted by molar-refractivity contribution is 9.10. The summed E-state index contributed by atoms with van der Waals surface area (Å²) < 4.78 is 3.04. The third kappa shape index (κ3) is 4.17. The minimum Gasteiger partial charge on any atom is -0.379 e. The Hall–Kier alpha value is -1.14. The van der Waals surface area contributed by atoms with Crippen LogP contribution in [-0.4, -0.2) is 9.78 Å². The molecule has 2 rings (SSSR count). The van der Waals surface area contributed by atoms with Crippen LogP contribution in [0.25, 0.3) is 0 Å². The number of aromatic nitrogens is 2. The van der Waals surface area contributed by atoms with Crippen molar-refractivity contribution in [1.82, 2.24) is 9.78 Å². The van der Waals surface area contributed by atoms with Crippen molar-refractivity contribution in [3.63, 3.8) is 0 Å². The maximum atomic E-state index is 12.2. The van der Waals surface area contributed by atoms with Crippen LogP contribution in [0.5, 0.6) is 0 Å². The fraction of sp³-hybridized carbons (Fsp3) is 0.333. The third-order valence-electron chi connectivity index (χ3n) is 2.95. The molecule has 112 valence electrons. The van der Waals surface area contributed by atoms with Crippen molar-refractivity contribution in [1.29, 1.82) is 0 Å². The van der Waals surface area contributed by atoms with Gasteiger partial charge in [0.1, 0.15) is 4.47 Å². The monoisotopic (exact) mass is 413 g/mol. The molecule has 1 aromatic heterocycles. The van der Waals surface area contributed by atoms with E-state index in [0.717, 1.165) is 10.0 Å². The molecule has 0 spiro atoms. The minimum absolute atomic E-state index is 0.110. The zero-order valence-corrected chi connectivity index (χ0v) is 15.1. The van der Waals surface area contributed by atoms with Crippen LogP contribution in [-0.2, 0) is 13.1 Å². The van der Waals surface area contributed by atoms with Gasteiger partial charge in [-0.2, -0.15) is 5.10 Å². The molecule has 0 fully saturated rings. The Balaban J connectivity index is 2.17. The first-order valence-electron chi connectivity index (χ1n) is 6.72. The molecule has 0 bridgehead atoms. The van der Waals surface area contributed by atoms with E-state index in [4.69, 9.17) is 0 Å². The zero-order chi connectivity index (χ0) is 15.4. The van der Waals surface area contributed by atoms with Crippen molar-refractivity contribution in [3.8, 4) is 0 Å². The van der Waals surface area contributed by atoms with Crippen LogP contribution < -0.4 is 10.9 Å². The fourth-order valence-corrected chi connectivity index (χ4v) is 2.77. The average molecular weight is 415 g/mol. The standard InChI is InChI=1S/C15H17Br2N3O/c1-10(2)9-20-15(21)14(17)13(8-19-20)18-7-11-5-3-4-6-12(11)16/h3-6,8,10,18H,7,9H2,1-2H3. The molecule has 1 N–H and O–H groups in total. The van der Waals surface area contributed by atoms with Crippen molar-refractivity contribution in [3.05, 3.63) is 55.3 Å². The van der Waals surface area contributed by atoms with Gasteiger partial charge in [-0.25, -0.2) is 4.68 Å². The van der Waals surface area contributed by atoms with Gasteiger partial charge in [-0.1, -0.05) is 48.0 Å². The Kier molecular flexibility index (Phi) is 5.58. The molecule has 0 aliphatic carbocycles. The highest BCUT2D eigenvalue weighted by atomic mass is 79.9. The quantitative estimate of drug-likeness (QED) is 0.803. The van der Waals surface area contributed by atoms with Gasteiger partial charge in [-0.15, -0.1) is 0 Å². The van der Waals surface area contributed by atoms with Crippen LogP contribution in [0.3, 0.4) is 0 Å². The summed E-state index contributed by atoms with van der Waals surface area (Å²) in [6.45, 7) is 5.35. The number of nitrogens with one attached hydrogen (secondary N) is 1. The maximum Gasteiger partial charge on any atom is 0.283 e. The van der Waals surface area contributed by atoms with Crippen molar-refractivity contribution in [2.75, 3.05) is 5.32 Å². The van der Waals surface area contributed by atoms with Crippen molar-refractivity contribution >= 4 is 37.5 Å². The number of hydrogen-bond acceptors (Lipinski definition) is 3. The number of nitrogens with zero attached hydrogens (tertiary/aromatic N) is 2. The van der Waals surface area contributed by atoms with E-state index in [1.807, 2.05) is 24.3 Å². The molecule has 0 aliphatic rings. The van der Waals surface area contributed by atoms with Gasteiger partial charge in [0, 0.05) is 17.6 Å². The molecule has 0 amide bonds. The van der Waals surface area contributed by atoms with Gasteiger partial charge >= 0.3 is 0 Å². The molecule has 0 unspecified atom stereocenters. The van der Waals surface area contributed by atoms with E-state index in [1.54, 1.807) is 6.20 Å². The number of halogens is 2. The predicted octanol–water partition coefficient (Wildman–Crippen LogP) is 4.04. The predicted molar refractivity (Wildman–Crippen MR) is 92.5 cm³/mol. The van der Waals surface area contributed by atoms with Gasteiger partial charge in [-0.05, 0) is 33.5 Å². The van der Waals surface area contributed by atoms with Crippen molar-refractivity contribution in [2.24, 2.45) is 5.92 Å². The molecule has 21 heavy (non-hydrogen) atoms. The van der Waals surface area contributed by atoms with Gasteiger partial charge in [0.15, 0.2) is 0 Å². The van der Waals surface area contributed by atoms with E-state index < -0.39 is 0 Å². The summed E-state index contributed by atoms with van der Waals surface area (Å²) in [6.07, 6.45) is 1.69. The van der Waals surface area contributed by atoms with Gasteiger partial charge < -0.3 is 5.32 Å². The van der Waals surface area contributed by atoms with Crippen molar-refractivity contribution < 1.29 is 0 Å². The number of anilines is 1. The van der Waals surface area contributed by atoms with Crippen LogP contribution >= 0.6 is 31.9 Å². The van der Waals surface area contributed by atoms with E-state index in [9.17, 15) is 4.79 Å². The second-order valence-corrected chi connectivity index (χ2v) is 6.85. The lowest BCUT2D eigenvalue weighted by Crippen LogP contribution is -2.26. The lowest BCUT2D eigenvalue weighted by atomic mass is 10.2. The topological polar surface area (TPSA) is 46.9 Å². The van der Waals surface area contributed by atoms with Gasteiger partial charge in [0.2, 0.25) is 0 Å². The molecule has 0 saturated heterocycles. The molecule has 4 nitrogen and oxygen atoms in total. The van der Waals surface area contributed by atoms with E-state index in [0.29, 0.717) is 29.2 Å². The van der Waals surface area contributed by atoms with Crippen LogP contribution in [0.15, 0.2) is 44.2 Å². The highest BCUT2D eigenvalue weighted by Crippen LogP contribution is 2.20. The Labute approximate surface area is 140 Å². The average Bonchev–Trinajstić information content (AvgIpc) is 2.44. The van der Waals surface area contributed by atoms with Gasteiger partial charge in [-0.3, -0.25) is 4.79 Å². The molecule has 0 saturated carbocycles. The van der Waals surface area contributed by atoms with E-state index in [2.05, 4.69) is 56.1 Å². The molecule has 1 heterocycles. The van der Waals surface area contributed by atoms with E-state index in [1.165, 1.54) is 4.68 Å². The Bertz CT molecular complexity index is 683. The summed E-state index contributed by atoms with van der Waals surface area (Å²) in [5.74, 6) is 0.376. The molecule has 6 heteroatoms. The third-order valence-corrected chi connectivity index (χ3v) is 4.49. The second-order valence-electron chi connectivity index (χ2n) is 5.20. The van der Waals surface area contributed by atoms with Crippen LogP contribution in [0.4, 0.5) is 5.69 Å².